The van der Waals surface area contributed by atoms with Crippen molar-refractivity contribution in [1.82, 2.24) is 5.32 Å². The summed E-state index contributed by atoms with van der Waals surface area (Å²) in [6.07, 6.45) is 10.4. The van der Waals surface area contributed by atoms with E-state index in [0.717, 1.165) is 32.1 Å². The van der Waals surface area contributed by atoms with Crippen LogP contribution in [-0.4, -0.2) is 23.5 Å². The first-order valence-electron chi connectivity index (χ1n) is 8.17. The molecule has 0 aliphatic heterocycles. The van der Waals surface area contributed by atoms with Gasteiger partial charge in [0.25, 0.3) is 0 Å². The Morgan fingerprint density at radius 3 is 2.25 bits per heavy atom. The van der Waals surface area contributed by atoms with Crippen LogP contribution in [0.25, 0.3) is 0 Å². The van der Waals surface area contributed by atoms with Crippen LogP contribution in [0, 0.1) is 11.8 Å². The normalized spacial score (nSPS) is 22.4. The molecule has 4 nitrogen and oxygen atoms in total. The molecule has 0 bridgehead atoms. The summed E-state index contributed by atoms with van der Waals surface area (Å²) in [5.74, 6) is -1.66. The minimum absolute atomic E-state index is 0.0503. The van der Waals surface area contributed by atoms with Crippen molar-refractivity contribution in [2.45, 2.75) is 71.1 Å². The molecule has 2 atom stereocenters. The highest BCUT2D eigenvalue weighted by atomic mass is 16.4. The van der Waals surface area contributed by atoms with Crippen molar-refractivity contribution in [3.8, 4) is 0 Å². The van der Waals surface area contributed by atoms with Crippen LogP contribution in [0.15, 0.2) is 0 Å². The third-order valence-electron chi connectivity index (χ3n) is 4.25. The zero-order valence-corrected chi connectivity index (χ0v) is 12.7. The molecule has 0 aromatic rings. The van der Waals surface area contributed by atoms with Gasteiger partial charge in [-0.2, -0.15) is 0 Å². The van der Waals surface area contributed by atoms with Crippen LogP contribution in [0.3, 0.4) is 0 Å². The Morgan fingerprint density at radius 2 is 1.60 bits per heavy atom. The third kappa shape index (κ3) is 5.93. The number of unbranched alkanes of at least 4 members (excludes halogenated alkanes) is 5. The molecule has 0 radical (unpaired) electrons. The van der Waals surface area contributed by atoms with Gasteiger partial charge >= 0.3 is 5.97 Å². The second-order valence-electron chi connectivity index (χ2n) is 5.89. The van der Waals surface area contributed by atoms with Crippen molar-refractivity contribution in [2.24, 2.45) is 11.8 Å². The van der Waals surface area contributed by atoms with E-state index in [1.54, 1.807) is 0 Å². The molecule has 1 rings (SSSR count). The van der Waals surface area contributed by atoms with E-state index in [1.165, 1.54) is 25.7 Å². The van der Waals surface area contributed by atoms with Gasteiger partial charge in [-0.3, -0.25) is 9.59 Å². The Hall–Kier alpha value is -1.06. The molecule has 1 aliphatic carbocycles. The molecule has 116 valence electrons. The highest BCUT2D eigenvalue weighted by Crippen LogP contribution is 2.30. The highest BCUT2D eigenvalue weighted by Gasteiger charge is 2.35. The van der Waals surface area contributed by atoms with Crippen molar-refractivity contribution in [1.29, 1.82) is 0 Å². The SMILES string of the molecule is CCCCCCCCNC(=O)[C@@H]1CCCC[C@@H]1C(=O)O. The molecule has 2 N–H and O–H groups in total. The zero-order valence-electron chi connectivity index (χ0n) is 12.7. The standard InChI is InChI=1S/C16H29NO3/c1-2-3-4-5-6-9-12-17-15(18)13-10-7-8-11-14(13)16(19)20/h13-14H,2-12H2,1H3,(H,17,18)(H,19,20)/t13-,14+/m1/s1. The smallest absolute Gasteiger partial charge is 0.307 e. The molecule has 0 heterocycles. The van der Waals surface area contributed by atoms with Gasteiger partial charge in [0.15, 0.2) is 0 Å². The summed E-state index contributed by atoms with van der Waals surface area (Å²) in [7, 11) is 0. The van der Waals surface area contributed by atoms with Crippen LogP contribution >= 0.6 is 0 Å². The second-order valence-corrected chi connectivity index (χ2v) is 5.89. The molecular weight excluding hydrogens is 254 g/mol. The predicted octanol–water partition coefficient (Wildman–Crippen LogP) is 3.35. The number of nitrogens with one attached hydrogen (secondary N) is 1. The lowest BCUT2D eigenvalue weighted by Crippen LogP contribution is -2.40. The van der Waals surface area contributed by atoms with Crippen molar-refractivity contribution < 1.29 is 14.7 Å². The molecule has 1 aliphatic rings. The largest absolute Gasteiger partial charge is 0.481 e. The summed E-state index contributed by atoms with van der Waals surface area (Å²) in [4.78, 5) is 23.2. The van der Waals surface area contributed by atoms with Crippen LogP contribution < -0.4 is 5.32 Å². The van der Waals surface area contributed by atoms with Crippen LogP contribution in [0.4, 0.5) is 0 Å². The number of hydrogen-bond acceptors (Lipinski definition) is 2. The second kappa shape index (κ2) is 9.78. The number of carboxylic acids is 1. The number of carboxylic acid groups (broad SMARTS) is 1. The lowest BCUT2D eigenvalue weighted by atomic mass is 9.78. The first-order valence-corrected chi connectivity index (χ1v) is 8.17. The minimum atomic E-state index is -0.815. The fourth-order valence-electron chi connectivity index (χ4n) is 2.99. The van der Waals surface area contributed by atoms with Gasteiger partial charge in [-0.25, -0.2) is 0 Å². The molecule has 20 heavy (non-hydrogen) atoms. The maximum absolute atomic E-state index is 12.1. The molecule has 1 saturated carbocycles. The Bertz CT molecular complexity index is 304. The molecule has 1 fully saturated rings. The first kappa shape index (κ1) is 17.0. The van der Waals surface area contributed by atoms with Gasteiger partial charge in [-0.05, 0) is 19.3 Å². The third-order valence-corrected chi connectivity index (χ3v) is 4.25. The molecule has 0 spiro atoms. The van der Waals surface area contributed by atoms with Crippen molar-refractivity contribution in [3.05, 3.63) is 0 Å². The van der Waals surface area contributed by atoms with Gasteiger partial charge in [0.1, 0.15) is 0 Å². The van der Waals surface area contributed by atoms with E-state index in [4.69, 9.17) is 5.11 Å². The van der Waals surface area contributed by atoms with Gasteiger partial charge in [-0.1, -0.05) is 51.9 Å². The monoisotopic (exact) mass is 283 g/mol. The van der Waals surface area contributed by atoms with Gasteiger partial charge in [-0.15, -0.1) is 0 Å². The summed E-state index contributed by atoms with van der Waals surface area (Å²) in [5.41, 5.74) is 0. The van der Waals surface area contributed by atoms with Crippen molar-refractivity contribution in [3.63, 3.8) is 0 Å². The number of rotatable bonds is 9. The van der Waals surface area contributed by atoms with Crippen molar-refractivity contribution >= 4 is 11.9 Å². The van der Waals surface area contributed by atoms with E-state index in [9.17, 15) is 9.59 Å². The van der Waals surface area contributed by atoms with E-state index in [2.05, 4.69) is 12.2 Å². The molecule has 0 unspecified atom stereocenters. The van der Waals surface area contributed by atoms with Gasteiger partial charge in [0, 0.05) is 6.54 Å². The quantitative estimate of drug-likeness (QED) is 0.638. The van der Waals surface area contributed by atoms with E-state index in [0.29, 0.717) is 13.0 Å². The van der Waals surface area contributed by atoms with E-state index >= 15 is 0 Å². The molecular formula is C16H29NO3. The lowest BCUT2D eigenvalue weighted by molar-refractivity contribution is -0.148. The Balaban J connectivity index is 2.19. The molecule has 0 aromatic carbocycles. The van der Waals surface area contributed by atoms with Crippen LogP contribution in [0.1, 0.15) is 71.1 Å². The topological polar surface area (TPSA) is 66.4 Å². The fraction of sp³-hybridized carbons (Fsp3) is 0.875. The maximum atomic E-state index is 12.1. The number of carbonyl (C=O) groups excluding carboxylic acids is 1. The average molecular weight is 283 g/mol. The predicted molar refractivity (Wildman–Crippen MR) is 79.5 cm³/mol. The highest BCUT2D eigenvalue weighted by molar-refractivity contribution is 5.84. The molecule has 4 heteroatoms. The van der Waals surface area contributed by atoms with E-state index in [1.807, 2.05) is 0 Å². The average Bonchev–Trinajstić information content (AvgIpc) is 2.46. The van der Waals surface area contributed by atoms with Gasteiger partial charge in [0.2, 0.25) is 5.91 Å². The number of hydrogen-bond donors (Lipinski definition) is 2. The summed E-state index contributed by atoms with van der Waals surface area (Å²) >= 11 is 0. The molecule has 1 amide bonds. The lowest BCUT2D eigenvalue weighted by Gasteiger charge is -2.27. The summed E-state index contributed by atoms with van der Waals surface area (Å²) in [5, 5.41) is 12.1. The summed E-state index contributed by atoms with van der Waals surface area (Å²) < 4.78 is 0. The van der Waals surface area contributed by atoms with Crippen LogP contribution in [-0.2, 0) is 9.59 Å². The van der Waals surface area contributed by atoms with Crippen LogP contribution in [0.2, 0.25) is 0 Å². The Kier molecular flexibility index (Phi) is 8.31. The summed E-state index contributed by atoms with van der Waals surface area (Å²) in [6.45, 7) is 2.89. The maximum Gasteiger partial charge on any atom is 0.307 e. The van der Waals surface area contributed by atoms with Gasteiger partial charge < -0.3 is 10.4 Å². The molecule has 0 aromatic heterocycles. The fourth-order valence-corrected chi connectivity index (χ4v) is 2.99. The minimum Gasteiger partial charge on any atom is -0.481 e. The number of amides is 1. The van der Waals surface area contributed by atoms with E-state index < -0.39 is 11.9 Å². The zero-order chi connectivity index (χ0) is 14.8. The number of carbonyl (C=O) groups is 2. The van der Waals surface area contributed by atoms with E-state index in [-0.39, 0.29) is 11.8 Å². The summed E-state index contributed by atoms with van der Waals surface area (Å²) in [6, 6.07) is 0. The van der Waals surface area contributed by atoms with Gasteiger partial charge in [0.05, 0.1) is 11.8 Å². The van der Waals surface area contributed by atoms with Crippen molar-refractivity contribution in [2.75, 3.05) is 6.54 Å². The Morgan fingerprint density at radius 1 is 1.00 bits per heavy atom. The first-order chi connectivity index (χ1) is 9.66. The number of aliphatic carboxylic acids is 1. The molecule has 0 saturated heterocycles. The van der Waals surface area contributed by atoms with Crippen LogP contribution in [0.5, 0.6) is 0 Å². The Labute approximate surface area is 122 Å².